The Labute approximate surface area is 123 Å². The van der Waals surface area contributed by atoms with Gasteiger partial charge in [-0.3, -0.25) is 0 Å². The second-order valence-corrected chi connectivity index (χ2v) is 4.13. The van der Waals surface area contributed by atoms with E-state index < -0.39 is 0 Å². The van der Waals surface area contributed by atoms with Gasteiger partial charge in [0.15, 0.2) is 0 Å². The highest BCUT2D eigenvalue weighted by molar-refractivity contribution is 5.38. The van der Waals surface area contributed by atoms with Gasteiger partial charge in [-0.05, 0) is 13.1 Å². The largest absolute Gasteiger partial charge is 0.481 e. The van der Waals surface area contributed by atoms with Crippen LogP contribution in [0.15, 0.2) is 24.5 Å². The molecule has 1 atom stereocenters. The van der Waals surface area contributed by atoms with Crippen molar-refractivity contribution < 1.29 is 14.2 Å². The van der Waals surface area contributed by atoms with Crippen LogP contribution in [-0.4, -0.2) is 43.3 Å². The summed E-state index contributed by atoms with van der Waals surface area (Å²) >= 11 is 0. The van der Waals surface area contributed by atoms with Crippen molar-refractivity contribution in [1.82, 2.24) is 20.3 Å². The lowest BCUT2D eigenvalue weighted by atomic mass is 10.1. The summed E-state index contributed by atoms with van der Waals surface area (Å²) in [4.78, 5) is 12.8. The van der Waals surface area contributed by atoms with Crippen LogP contribution in [0.4, 0.5) is 0 Å². The number of nitrogens with one attached hydrogen (secondary N) is 1. The molecule has 0 aliphatic heterocycles. The molecule has 0 bridgehead atoms. The third-order valence-electron chi connectivity index (χ3n) is 3.01. The van der Waals surface area contributed by atoms with Gasteiger partial charge in [-0.25, -0.2) is 9.97 Å². The number of methoxy groups -OCH3 is 3. The Morgan fingerprint density at radius 3 is 2.43 bits per heavy atom. The third kappa shape index (κ3) is 3.03. The van der Waals surface area contributed by atoms with Crippen molar-refractivity contribution in [3.8, 4) is 17.6 Å². The molecule has 0 aliphatic rings. The van der Waals surface area contributed by atoms with Crippen molar-refractivity contribution in [3.05, 3.63) is 35.8 Å². The van der Waals surface area contributed by atoms with E-state index in [4.69, 9.17) is 14.2 Å². The van der Waals surface area contributed by atoms with Gasteiger partial charge in [-0.2, -0.15) is 4.98 Å². The molecular weight excluding hydrogens is 272 g/mol. The van der Waals surface area contributed by atoms with Gasteiger partial charge < -0.3 is 19.5 Å². The molecule has 0 aliphatic carbocycles. The molecular formula is C14H18N4O3. The smallest absolute Gasteiger partial charge is 0.240 e. The molecule has 2 aromatic rings. The Morgan fingerprint density at radius 1 is 1.05 bits per heavy atom. The molecule has 21 heavy (non-hydrogen) atoms. The van der Waals surface area contributed by atoms with Gasteiger partial charge in [-0.15, -0.1) is 0 Å². The maximum atomic E-state index is 5.31. The maximum absolute atomic E-state index is 5.31. The molecule has 7 heteroatoms. The molecule has 0 fully saturated rings. The molecule has 2 heterocycles. The van der Waals surface area contributed by atoms with Crippen LogP contribution in [0.3, 0.4) is 0 Å². The number of pyridine rings is 1. The number of nitrogens with zero attached hydrogens (tertiary/aromatic N) is 3. The normalized spacial score (nSPS) is 11.8. The summed E-state index contributed by atoms with van der Waals surface area (Å²) in [6, 6.07) is 3.49. The predicted molar refractivity (Wildman–Crippen MR) is 76.8 cm³/mol. The van der Waals surface area contributed by atoms with Crippen LogP contribution >= 0.6 is 0 Å². The van der Waals surface area contributed by atoms with E-state index in [0.29, 0.717) is 23.3 Å². The number of hydrogen-bond acceptors (Lipinski definition) is 7. The fraction of sp³-hybridized carbons (Fsp3) is 0.357. The lowest BCUT2D eigenvalue weighted by Crippen LogP contribution is -2.21. The zero-order valence-electron chi connectivity index (χ0n) is 12.5. The molecule has 1 N–H and O–H groups in total. The van der Waals surface area contributed by atoms with Crippen molar-refractivity contribution in [3.63, 3.8) is 0 Å². The average molecular weight is 290 g/mol. The number of ether oxygens (including phenoxy) is 3. The highest BCUT2D eigenvalue weighted by atomic mass is 16.5. The fourth-order valence-corrected chi connectivity index (χ4v) is 2.05. The van der Waals surface area contributed by atoms with Gasteiger partial charge in [0.2, 0.25) is 17.6 Å². The van der Waals surface area contributed by atoms with Crippen LogP contribution in [-0.2, 0) is 0 Å². The molecule has 0 aromatic carbocycles. The number of aromatic nitrogens is 3. The molecule has 112 valence electrons. The third-order valence-corrected chi connectivity index (χ3v) is 3.01. The van der Waals surface area contributed by atoms with Gasteiger partial charge in [-0.1, -0.05) is 6.07 Å². The topological polar surface area (TPSA) is 78.4 Å². The zero-order valence-corrected chi connectivity index (χ0v) is 12.5. The summed E-state index contributed by atoms with van der Waals surface area (Å²) in [5.74, 6) is 1.31. The number of hydrogen-bond donors (Lipinski definition) is 1. The summed E-state index contributed by atoms with van der Waals surface area (Å²) in [5, 5.41) is 3.18. The molecule has 0 amide bonds. The maximum Gasteiger partial charge on any atom is 0.240 e. The standard InChI is InChI=1S/C14H18N4O3/c1-15-11(9-6-5-7-16-13(9)20-3)12-14(21-4)18-10(19-2)8-17-12/h5-8,11,15H,1-4H3. The second-order valence-electron chi connectivity index (χ2n) is 4.13. The second kappa shape index (κ2) is 6.85. The highest BCUT2D eigenvalue weighted by Crippen LogP contribution is 2.31. The fourth-order valence-electron chi connectivity index (χ4n) is 2.05. The van der Waals surface area contributed by atoms with Crippen LogP contribution in [0.5, 0.6) is 17.6 Å². The first-order valence-electron chi connectivity index (χ1n) is 6.36. The van der Waals surface area contributed by atoms with Crippen LogP contribution in [0.2, 0.25) is 0 Å². The summed E-state index contributed by atoms with van der Waals surface area (Å²) < 4.78 is 15.7. The first-order chi connectivity index (χ1) is 10.2. The first kappa shape index (κ1) is 15.0. The van der Waals surface area contributed by atoms with E-state index >= 15 is 0 Å². The molecule has 0 spiro atoms. The van der Waals surface area contributed by atoms with Crippen molar-refractivity contribution in [1.29, 1.82) is 0 Å². The van der Waals surface area contributed by atoms with Crippen molar-refractivity contribution in [2.45, 2.75) is 6.04 Å². The van der Waals surface area contributed by atoms with E-state index in [1.165, 1.54) is 7.11 Å². The van der Waals surface area contributed by atoms with Gasteiger partial charge in [0.05, 0.1) is 33.6 Å². The Bertz CT molecular complexity index is 607. The van der Waals surface area contributed by atoms with Crippen LogP contribution in [0.25, 0.3) is 0 Å². The number of rotatable bonds is 6. The minimum atomic E-state index is -0.262. The van der Waals surface area contributed by atoms with E-state index in [0.717, 1.165) is 5.56 Å². The van der Waals surface area contributed by atoms with E-state index in [1.807, 2.05) is 19.2 Å². The molecule has 2 rings (SSSR count). The van der Waals surface area contributed by atoms with Crippen LogP contribution < -0.4 is 19.5 Å². The molecule has 1 unspecified atom stereocenters. The molecule has 2 aromatic heterocycles. The average Bonchev–Trinajstić information content (AvgIpc) is 2.56. The van der Waals surface area contributed by atoms with E-state index in [9.17, 15) is 0 Å². The van der Waals surface area contributed by atoms with Crippen molar-refractivity contribution >= 4 is 0 Å². The predicted octanol–water partition coefficient (Wildman–Crippen LogP) is 1.21. The lowest BCUT2D eigenvalue weighted by molar-refractivity contribution is 0.351. The minimum absolute atomic E-state index is 0.262. The van der Waals surface area contributed by atoms with E-state index in [-0.39, 0.29) is 6.04 Å². The monoisotopic (exact) mass is 290 g/mol. The quantitative estimate of drug-likeness (QED) is 0.856. The molecule has 0 radical (unpaired) electrons. The summed E-state index contributed by atoms with van der Waals surface area (Å²) in [5.41, 5.74) is 1.48. The molecule has 0 saturated heterocycles. The zero-order chi connectivity index (χ0) is 15.2. The molecule has 0 saturated carbocycles. The summed E-state index contributed by atoms with van der Waals surface area (Å²) in [6.45, 7) is 0. The highest BCUT2D eigenvalue weighted by Gasteiger charge is 2.23. The van der Waals surface area contributed by atoms with Crippen molar-refractivity contribution in [2.24, 2.45) is 0 Å². The van der Waals surface area contributed by atoms with Gasteiger partial charge in [0.1, 0.15) is 5.69 Å². The summed E-state index contributed by atoms with van der Waals surface area (Å²) in [6.07, 6.45) is 3.22. The lowest BCUT2D eigenvalue weighted by Gasteiger charge is -2.19. The van der Waals surface area contributed by atoms with E-state index in [1.54, 1.807) is 26.6 Å². The van der Waals surface area contributed by atoms with Gasteiger partial charge >= 0.3 is 0 Å². The van der Waals surface area contributed by atoms with Gasteiger partial charge in [0.25, 0.3) is 0 Å². The van der Waals surface area contributed by atoms with Crippen LogP contribution in [0, 0.1) is 0 Å². The minimum Gasteiger partial charge on any atom is -0.481 e. The Balaban J connectivity index is 2.51. The van der Waals surface area contributed by atoms with E-state index in [2.05, 4.69) is 20.3 Å². The van der Waals surface area contributed by atoms with Gasteiger partial charge in [0, 0.05) is 11.8 Å². The SMILES string of the molecule is CNC(c1cccnc1OC)c1ncc(OC)nc1OC. The Morgan fingerprint density at radius 2 is 1.81 bits per heavy atom. The first-order valence-corrected chi connectivity index (χ1v) is 6.36. The van der Waals surface area contributed by atoms with Crippen LogP contribution in [0.1, 0.15) is 17.3 Å². The summed E-state index contributed by atoms with van der Waals surface area (Å²) in [7, 11) is 6.47. The Hall–Kier alpha value is -2.41. The van der Waals surface area contributed by atoms with Crippen molar-refractivity contribution in [2.75, 3.05) is 28.4 Å². The Kier molecular flexibility index (Phi) is 4.89. The molecule has 7 nitrogen and oxygen atoms in total.